The van der Waals surface area contributed by atoms with E-state index in [1.54, 1.807) is 0 Å². The third-order valence-electron chi connectivity index (χ3n) is 4.31. The van der Waals surface area contributed by atoms with Gasteiger partial charge in [0, 0.05) is 35.0 Å². The summed E-state index contributed by atoms with van der Waals surface area (Å²) in [6, 6.07) is 2.55. The standard InChI is InChI=1S/C14H20BrNO2S/c1-16-12(13-11(15)3-7-19-13)10-2-5-18-14(8-10)4-6-17-9-14/h3,7,10,12,16H,2,4-6,8-9H2,1H3. The van der Waals surface area contributed by atoms with Crippen LogP contribution in [0.15, 0.2) is 15.9 Å². The van der Waals surface area contributed by atoms with Gasteiger partial charge in [-0.1, -0.05) is 0 Å². The van der Waals surface area contributed by atoms with E-state index < -0.39 is 0 Å². The molecular formula is C14H20BrNO2S. The molecule has 1 aromatic rings. The van der Waals surface area contributed by atoms with E-state index >= 15 is 0 Å². The predicted octanol–water partition coefficient (Wildman–Crippen LogP) is 3.36. The normalized spacial score (nSPS) is 32.8. The van der Waals surface area contributed by atoms with Gasteiger partial charge < -0.3 is 14.8 Å². The zero-order chi connectivity index (χ0) is 13.3. The molecule has 3 unspecified atom stereocenters. The lowest BCUT2D eigenvalue weighted by atomic mass is 9.80. The highest BCUT2D eigenvalue weighted by Gasteiger charge is 2.43. The Morgan fingerprint density at radius 3 is 3.05 bits per heavy atom. The number of hydrogen-bond acceptors (Lipinski definition) is 4. The molecule has 5 heteroatoms. The molecule has 106 valence electrons. The Labute approximate surface area is 126 Å². The first-order valence-corrected chi connectivity index (χ1v) is 8.53. The molecule has 0 aromatic carbocycles. The molecule has 0 amide bonds. The summed E-state index contributed by atoms with van der Waals surface area (Å²) >= 11 is 5.49. The molecule has 0 saturated carbocycles. The van der Waals surface area contributed by atoms with Gasteiger partial charge in [-0.15, -0.1) is 11.3 Å². The van der Waals surface area contributed by atoms with Crippen molar-refractivity contribution in [3.8, 4) is 0 Å². The molecule has 1 spiro atoms. The molecule has 0 aliphatic carbocycles. The Kier molecular flexibility index (Phi) is 4.29. The number of ether oxygens (including phenoxy) is 2. The summed E-state index contributed by atoms with van der Waals surface area (Å²) in [5, 5.41) is 5.66. The summed E-state index contributed by atoms with van der Waals surface area (Å²) < 4.78 is 12.8. The molecule has 1 N–H and O–H groups in total. The molecule has 19 heavy (non-hydrogen) atoms. The zero-order valence-electron chi connectivity index (χ0n) is 11.2. The second kappa shape index (κ2) is 5.82. The minimum absolute atomic E-state index is 0.0122. The number of rotatable bonds is 3. The van der Waals surface area contributed by atoms with Crippen molar-refractivity contribution < 1.29 is 9.47 Å². The van der Waals surface area contributed by atoms with Gasteiger partial charge in [0.05, 0.1) is 12.2 Å². The largest absolute Gasteiger partial charge is 0.378 e. The number of hydrogen-bond donors (Lipinski definition) is 1. The van der Waals surface area contributed by atoms with E-state index in [2.05, 4.69) is 39.7 Å². The second-order valence-electron chi connectivity index (χ2n) is 5.49. The Morgan fingerprint density at radius 2 is 2.42 bits per heavy atom. The summed E-state index contributed by atoms with van der Waals surface area (Å²) in [6.45, 7) is 2.47. The zero-order valence-corrected chi connectivity index (χ0v) is 13.6. The highest BCUT2D eigenvalue weighted by atomic mass is 79.9. The third-order valence-corrected chi connectivity index (χ3v) is 6.26. The first-order chi connectivity index (χ1) is 9.24. The van der Waals surface area contributed by atoms with E-state index in [1.165, 1.54) is 9.35 Å². The van der Waals surface area contributed by atoms with Gasteiger partial charge in [0.25, 0.3) is 0 Å². The van der Waals surface area contributed by atoms with E-state index in [0.717, 1.165) is 39.1 Å². The molecule has 0 bridgehead atoms. The van der Waals surface area contributed by atoms with Crippen LogP contribution in [0.2, 0.25) is 0 Å². The minimum Gasteiger partial charge on any atom is -0.378 e. The van der Waals surface area contributed by atoms with Gasteiger partial charge >= 0.3 is 0 Å². The van der Waals surface area contributed by atoms with Gasteiger partial charge in [-0.25, -0.2) is 0 Å². The molecule has 2 aliphatic heterocycles. The summed E-state index contributed by atoms with van der Waals surface area (Å²) in [5.41, 5.74) is -0.0122. The molecule has 2 saturated heterocycles. The number of nitrogens with one attached hydrogen (secondary N) is 1. The molecule has 1 aromatic heterocycles. The van der Waals surface area contributed by atoms with Gasteiger partial charge in [0.1, 0.15) is 0 Å². The van der Waals surface area contributed by atoms with Gasteiger partial charge in [0.2, 0.25) is 0 Å². The van der Waals surface area contributed by atoms with Crippen LogP contribution in [0.1, 0.15) is 30.2 Å². The predicted molar refractivity (Wildman–Crippen MR) is 80.7 cm³/mol. The highest BCUT2D eigenvalue weighted by Crippen LogP contribution is 2.43. The fourth-order valence-electron chi connectivity index (χ4n) is 3.32. The van der Waals surface area contributed by atoms with Crippen molar-refractivity contribution in [3.63, 3.8) is 0 Å². The summed E-state index contributed by atoms with van der Waals surface area (Å²) in [7, 11) is 2.06. The average Bonchev–Trinajstić information content (AvgIpc) is 3.02. The second-order valence-corrected chi connectivity index (χ2v) is 7.29. The van der Waals surface area contributed by atoms with Crippen molar-refractivity contribution in [3.05, 3.63) is 20.8 Å². The van der Waals surface area contributed by atoms with Crippen LogP contribution in [0.5, 0.6) is 0 Å². The van der Waals surface area contributed by atoms with Crippen LogP contribution in [0.25, 0.3) is 0 Å². The molecule has 3 atom stereocenters. The van der Waals surface area contributed by atoms with E-state index in [0.29, 0.717) is 12.0 Å². The average molecular weight is 346 g/mol. The van der Waals surface area contributed by atoms with Crippen molar-refractivity contribution in [1.82, 2.24) is 5.32 Å². The first kappa shape index (κ1) is 14.0. The fourth-order valence-corrected chi connectivity index (χ4v) is 5.14. The minimum atomic E-state index is -0.0122. The lowest BCUT2D eigenvalue weighted by molar-refractivity contribution is -0.103. The lowest BCUT2D eigenvalue weighted by Crippen LogP contribution is -2.43. The van der Waals surface area contributed by atoms with Crippen molar-refractivity contribution in [1.29, 1.82) is 0 Å². The van der Waals surface area contributed by atoms with E-state index in [1.807, 2.05) is 11.3 Å². The van der Waals surface area contributed by atoms with Crippen LogP contribution >= 0.6 is 27.3 Å². The quantitative estimate of drug-likeness (QED) is 0.910. The summed E-state index contributed by atoms with van der Waals surface area (Å²) in [6.07, 6.45) is 3.27. The molecule has 3 nitrogen and oxygen atoms in total. The fraction of sp³-hybridized carbons (Fsp3) is 0.714. The topological polar surface area (TPSA) is 30.5 Å². The van der Waals surface area contributed by atoms with E-state index in [9.17, 15) is 0 Å². The van der Waals surface area contributed by atoms with Crippen LogP contribution in [0.3, 0.4) is 0 Å². The molecule has 2 fully saturated rings. The van der Waals surface area contributed by atoms with Gasteiger partial charge in [-0.2, -0.15) is 0 Å². The first-order valence-electron chi connectivity index (χ1n) is 6.86. The van der Waals surface area contributed by atoms with E-state index in [4.69, 9.17) is 9.47 Å². The van der Waals surface area contributed by atoms with Crippen molar-refractivity contribution in [2.45, 2.75) is 30.9 Å². The summed E-state index contributed by atoms with van der Waals surface area (Å²) in [5.74, 6) is 0.621. The smallest absolute Gasteiger partial charge is 0.0940 e. The van der Waals surface area contributed by atoms with Gasteiger partial charge in [-0.05, 0) is 53.2 Å². The molecular weight excluding hydrogens is 326 g/mol. The maximum absolute atomic E-state index is 6.04. The van der Waals surface area contributed by atoms with Crippen LogP contribution < -0.4 is 5.32 Å². The van der Waals surface area contributed by atoms with Crippen LogP contribution in [-0.4, -0.2) is 32.5 Å². The molecule has 2 aliphatic rings. The number of halogens is 1. The van der Waals surface area contributed by atoms with Gasteiger partial charge in [-0.3, -0.25) is 0 Å². The van der Waals surface area contributed by atoms with Crippen molar-refractivity contribution in [2.75, 3.05) is 26.9 Å². The van der Waals surface area contributed by atoms with Crippen molar-refractivity contribution >= 4 is 27.3 Å². The molecule has 3 heterocycles. The van der Waals surface area contributed by atoms with Crippen LogP contribution in [0.4, 0.5) is 0 Å². The maximum atomic E-state index is 6.04. The third kappa shape index (κ3) is 2.76. The molecule has 3 rings (SSSR count). The maximum Gasteiger partial charge on any atom is 0.0940 e. The lowest BCUT2D eigenvalue weighted by Gasteiger charge is -2.40. The SMILES string of the molecule is CNC(c1sccc1Br)C1CCOC2(CCOC2)C1. The molecule has 0 radical (unpaired) electrons. The van der Waals surface area contributed by atoms with Gasteiger partial charge in [0.15, 0.2) is 0 Å². The van der Waals surface area contributed by atoms with Crippen LogP contribution in [0, 0.1) is 5.92 Å². The Morgan fingerprint density at radius 1 is 1.53 bits per heavy atom. The Balaban J connectivity index is 1.78. The van der Waals surface area contributed by atoms with E-state index in [-0.39, 0.29) is 5.60 Å². The Bertz CT molecular complexity index is 431. The summed E-state index contributed by atoms with van der Waals surface area (Å²) in [4.78, 5) is 1.41. The van der Waals surface area contributed by atoms with Crippen molar-refractivity contribution in [2.24, 2.45) is 5.92 Å². The van der Waals surface area contributed by atoms with Crippen LogP contribution in [-0.2, 0) is 9.47 Å². The number of thiophene rings is 1. The highest BCUT2D eigenvalue weighted by molar-refractivity contribution is 9.10. The Hall–Kier alpha value is 0.0600. The monoisotopic (exact) mass is 345 g/mol.